The second kappa shape index (κ2) is 22.1. The van der Waals surface area contributed by atoms with E-state index in [0.29, 0.717) is 29.4 Å². The van der Waals surface area contributed by atoms with Crippen LogP contribution in [0.5, 0.6) is 0 Å². The van der Waals surface area contributed by atoms with Crippen molar-refractivity contribution in [3.63, 3.8) is 0 Å². The summed E-state index contributed by atoms with van der Waals surface area (Å²) in [5.41, 5.74) is 1.03. The second-order valence-corrected chi connectivity index (χ2v) is 13.1. The highest BCUT2D eigenvalue weighted by Gasteiger charge is 2.21. The van der Waals surface area contributed by atoms with Crippen LogP contribution in [0, 0.1) is 0 Å². The number of nitrogens with zero attached hydrogens (tertiary/aromatic N) is 1. The standard InChI is InChI=1S/C32H55ClN2O4S/c1-5-8-9-10-11-12-13-14-15-16-17-18-19-20-21-22-25-35(4)40(37,38)29-23-24-30(33)31(27-29)34-28(6-2)26-32(36)39-7-3/h23-24,26-27,34H,5-22,25H2,1-4H3. The molecule has 0 bridgehead atoms. The lowest BCUT2D eigenvalue weighted by molar-refractivity contribution is -0.137. The van der Waals surface area contributed by atoms with Gasteiger partial charge in [0.05, 0.1) is 22.2 Å². The first-order valence-electron chi connectivity index (χ1n) is 15.7. The number of hydrogen-bond acceptors (Lipinski definition) is 5. The van der Waals surface area contributed by atoms with E-state index in [4.69, 9.17) is 16.3 Å². The number of sulfonamides is 1. The van der Waals surface area contributed by atoms with E-state index in [1.54, 1.807) is 20.0 Å². The molecule has 230 valence electrons. The fraction of sp³-hybridized carbons (Fsp3) is 0.719. The summed E-state index contributed by atoms with van der Waals surface area (Å²) >= 11 is 6.32. The first kappa shape index (κ1) is 36.5. The number of anilines is 1. The van der Waals surface area contributed by atoms with Crippen molar-refractivity contribution < 1.29 is 17.9 Å². The van der Waals surface area contributed by atoms with Crippen LogP contribution in [0.2, 0.25) is 5.02 Å². The molecule has 0 heterocycles. The molecule has 1 aromatic carbocycles. The Hall–Kier alpha value is -1.57. The SMILES string of the molecule is CCCCCCCCCCCCCCCCCCN(C)S(=O)(=O)c1ccc(Cl)c(NC(=CC(=O)OCC)CC)c1. The molecule has 0 saturated carbocycles. The number of nitrogens with one attached hydrogen (secondary N) is 1. The Morgan fingerprint density at radius 2 is 1.35 bits per heavy atom. The largest absolute Gasteiger partial charge is 0.463 e. The van der Waals surface area contributed by atoms with E-state index < -0.39 is 16.0 Å². The number of benzene rings is 1. The molecular formula is C32H55ClN2O4S. The monoisotopic (exact) mass is 598 g/mol. The summed E-state index contributed by atoms with van der Waals surface area (Å²) in [6, 6.07) is 4.61. The number of ether oxygens (including phenoxy) is 1. The lowest BCUT2D eigenvalue weighted by Crippen LogP contribution is -2.28. The lowest BCUT2D eigenvalue weighted by Gasteiger charge is -2.19. The normalized spacial score (nSPS) is 12.2. The Kier molecular flexibility index (Phi) is 20.1. The van der Waals surface area contributed by atoms with Gasteiger partial charge in [0.25, 0.3) is 0 Å². The number of rotatable bonds is 24. The Morgan fingerprint density at radius 3 is 1.82 bits per heavy atom. The van der Waals surface area contributed by atoms with Gasteiger partial charge >= 0.3 is 5.97 Å². The Labute approximate surface area is 250 Å². The van der Waals surface area contributed by atoms with Crippen molar-refractivity contribution in [1.29, 1.82) is 0 Å². The highest BCUT2D eigenvalue weighted by atomic mass is 35.5. The number of halogens is 1. The maximum Gasteiger partial charge on any atom is 0.332 e. The van der Waals surface area contributed by atoms with E-state index in [9.17, 15) is 13.2 Å². The number of hydrogen-bond donors (Lipinski definition) is 1. The molecule has 40 heavy (non-hydrogen) atoms. The van der Waals surface area contributed by atoms with E-state index in [2.05, 4.69) is 12.2 Å². The zero-order valence-electron chi connectivity index (χ0n) is 25.6. The third kappa shape index (κ3) is 15.4. The number of unbranched alkanes of at least 4 members (excludes halogenated alkanes) is 15. The van der Waals surface area contributed by atoms with Crippen molar-refractivity contribution >= 4 is 33.3 Å². The van der Waals surface area contributed by atoms with Crippen molar-refractivity contribution in [3.05, 3.63) is 35.0 Å². The first-order chi connectivity index (χ1) is 19.3. The zero-order valence-corrected chi connectivity index (χ0v) is 27.2. The molecule has 1 aromatic rings. The minimum Gasteiger partial charge on any atom is -0.463 e. The molecule has 0 aliphatic carbocycles. The van der Waals surface area contributed by atoms with Crippen LogP contribution in [0.25, 0.3) is 0 Å². The number of carbonyl (C=O) groups excluding carboxylic acids is 1. The van der Waals surface area contributed by atoms with Gasteiger partial charge in [0, 0.05) is 25.4 Å². The number of esters is 1. The highest BCUT2D eigenvalue weighted by molar-refractivity contribution is 7.89. The molecule has 6 nitrogen and oxygen atoms in total. The molecule has 0 aliphatic rings. The molecular weight excluding hydrogens is 544 g/mol. The second-order valence-electron chi connectivity index (χ2n) is 10.7. The summed E-state index contributed by atoms with van der Waals surface area (Å²) < 4.78 is 32.7. The van der Waals surface area contributed by atoms with Crippen LogP contribution < -0.4 is 5.32 Å². The minimum atomic E-state index is -3.65. The molecule has 1 N–H and O–H groups in total. The van der Waals surface area contributed by atoms with Gasteiger partial charge < -0.3 is 10.1 Å². The molecule has 0 atom stereocenters. The summed E-state index contributed by atoms with van der Waals surface area (Å²) in [6.45, 7) is 6.66. The summed E-state index contributed by atoms with van der Waals surface area (Å²) in [6.07, 6.45) is 22.5. The smallest absolute Gasteiger partial charge is 0.332 e. The molecule has 8 heteroatoms. The fourth-order valence-electron chi connectivity index (χ4n) is 4.67. The molecule has 1 rings (SSSR count). The maximum atomic E-state index is 13.2. The predicted octanol–water partition coefficient (Wildman–Crippen LogP) is 9.49. The average molecular weight is 599 g/mol. The molecule has 0 fully saturated rings. The summed E-state index contributed by atoms with van der Waals surface area (Å²) in [4.78, 5) is 12.0. The fourth-order valence-corrected chi connectivity index (χ4v) is 6.07. The van der Waals surface area contributed by atoms with Crippen molar-refractivity contribution in [2.24, 2.45) is 0 Å². The first-order valence-corrected chi connectivity index (χ1v) is 17.5. The van der Waals surface area contributed by atoms with Crippen LogP contribution >= 0.6 is 11.6 Å². The van der Waals surface area contributed by atoms with E-state index in [-0.39, 0.29) is 11.5 Å². The van der Waals surface area contributed by atoms with Gasteiger partial charge in [-0.3, -0.25) is 0 Å². The van der Waals surface area contributed by atoms with Gasteiger partial charge in [0.15, 0.2) is 0 Å². The van der Waals surface area contributed by atoms with Crippen LogP contribution in [-0.4, -0.2) is 38.9 Å². The van der Waals surface area contributed by atoms with Gasteiger partial charge in [-0.15, -0.1) is 0 Å². The van der Waals surface area contributed by atoms with Crippen molar-refractivity contribution in [2.45, 2.75) is 135 Å². The summed E-state index contributed by atoms with van der Waals surface area (Å²) in [5.74, 6) is -0.453. The predicted molar refractivity (Wildman–Crippen MR) is 169 cm³/mol. The average Bonchev–Trinajstić information content (AvgIpc) is 2.93. The highest BCUT2D eigenvalue weighted by Crippen LogP contribution is 2.28. The van der Waals surface area contributed by atoms with Crippen LogP contribution in [0.1, 0.15) is 130 Å². The number of carbonyl (C=O) groups is 1. The zero-order chi connectivity index (χ0) is 29.6. The molecule has 0 saturated heterocycles. The Morgan fingerprint density at radius 1 is 0.850 bits per heavy atom. The molecule has 0 amide bonds. The van der Waals surface area contributed by atoms with Gasteiger partial charge in [-0.05, 0) is 38.0 Å². The molecule has 0 radical (unpaired) electrons. The van der Waals surface area contributed by atoms with Crippen molar-refractivity contribution in [1.82, 2.24) is 4.31 Å². The minimum absolute atomic E-state index is 0.171. The summed E-state index contributed by atoms with van der Waals surface area (Å²) in [5, 5.41) is 3.46. The van der Waals surface area contributed by atoms with Crippen LogP contribution in [0.3, 0.4) is 0 Å². The molecule has 0 aliphatic heterocycles. The quantitative estimate of drug-likeness (QED) is 0.0728. The van der Waals surface area contributed by atoms with Crippen molar-refractivity contribution in [3.8, 4) is 0 Å². The number of allylic oxidation sites excluding steroid dienone is 1. The van der Waals surface area contributed by atoms with Crippen LogP contribution in [0.4, 0.5) is 5.69 Å². The topological polar surface area (TPSA) is 75.7 Å². The van der Waals surface area contributed by atoms with Crippen molar-refractivity contribution in [2.75, 3.05) is 25.5 Å². The maximum absolute atomic E-state index is 13.2. The Bertz CT molecular complexity index is 966. The molecule has 0 spiro atoms. The molecule has 0 unspecified atom stereocenters. The van der Waals surface area contributed by atoms with Gasteiger partial charge in [0.1, 0.15) is 0 Å². The van der Waals surface area contributed by atoms with Gasteiger partial charge in [-0.2, -0.15) is 0 Å². The van der Waals surface area contributed by atoms with Gasteiger partial charge in [-0.25, -0.2) is 17.5 Å². The van der Waals surface area contributed by atoms with E-state index in [1.165, 1.54) is 106 Å². The Balaban J connectivity index is 2.33. The lowest BCUT2D eigenvalue weighted by atomic mass is 10.0. The van der Waals surface area contributed by atoms with E-state index in [0.717, 1.165) is 19.3 Å². The third-order valence-corrected chi connectivity index (χ3v) is 9.41. The van der Waals surface area contributed by atoms with E-state index in [1.807, 2.05) is 6.92 Å². The van der Waals surface area contributed by atoms with Crippen LogP contribution in [0.15, 0.2) is 34.9 Å². The third-order valence-electron chi connectivity index (χ3n) is 7.23. The summed E-state index contributed by atoms with van der Waals surface area (Å²) in [7, 11) is -2.02. The molecule has 0 aromatic heterocycles. The van der Waals surface area contributed by atoms with Crippen LogP contribution in [-0.2, 0) is 19.6 Å². The van der Waals surface area contributed by atoms with E-state index >= 15 is 0 Å². The van der Waals surface area contributed by atoms with Gasteiger partial charge in [0.2, 0.25) is 10.0 Å². The van der Waals surface area contributed by atoms with Gasteiger partial charge in [-0.1, -0.05) is 122 Å².